The highest BCUT2D eigenvalue weighted by molar-refractivity contribution is 6.32. The Morgan fingerprint density at radius 3 is 2.64 bits per heavy atom. The van der Waals surface area contributed by atoms with Crippen LogP contribution in [-0.2, 0) is 16.1 Å². The number of amides is 1. The fourth-order valence-corrected chi connectivity index (χ4v) is 3.17. The summed E-state index contributed by atoms with van der Waals surface area (Å²) in [6, 6.07) is 8.98. The fourth-order valence-electron chi connectivity index (χ4n) is 2.94. The highest BCUT2D eigenvalue weighted by atomic mass is 35.5. The molecule has 6 nitrogen and oxygen atoms in total. The van der Waals surface area contributed by atoms with Gasteiger partial charge in [0.1, 0.15) is 18.0 Å². The lowest BCUT2D eigenvalue weighted by Gasteiger charge is -2.34. The molecule has 0 radical (unpaired) electrons. The van der Waals surface area contributed by atoms with Crippen molar-refractivity contribution in [2.24, 2.45) is 0 Å². The van der Waals surface area contributed by atoms with Crippen molar-refractivity contribution in [2.45, 2.75) is 25.0 Å². The van der Waals surface area contributed by atoms with Gasteiger partial charge in [0, 0.05) is 30.8 Å². The summed E-state index contributed by atoms with van der Waals surface area (Å²) in [4.78, 5) is 16.7. The molecule has 154 valence electrons. The van der Waals surface area contributed by atoms with E-state index in [-0.39, 0.29) is 30.7 Å². The molecule has 2 aromatic rings. The molecule has 1 aliphatic heterocycles. The van der Waals surface area contributed by atoms with E-state index >= 15 is 0 Å². The first kappa shape index (κ1) is 24.5. The molecule has 0 spiro atoms. The van der Waals surface area contributed by atoms with Crippen molar-refractivity contribution in [3.05, 3.63) is 53.3 Å². The van der Waals surface area contributed by atoms with Crippen LogP contribution >= 0.6 is 36.4 Å². The number of aromatic nitrogens is 1. The third kappa shape index (κ3) is 5.96. The number of carbonyl (C=O) groups excluding carboxylic acids is 1. The van der Waals surface area contributed by atoms with E-state index in [0.29, 0.717) is 35.9 Å². The maximum absolute atomic E-state index is 12.7. The van der Waals surface area contributed by atoms with E-state index in [0.717, 1.165) is 18.7 Å². The molecule has 0 atom stereocenters. The summed E-state index contributed by atoms with van der Waals surface area (Å²) in [5.41, 5.74) is 0.769. The molecular formula is C19H24Cl3N3O3. The maximum Gasteiger partial charge on any atom is 0.256 e. The van der Waals surface area contributed by atoms with Gasteiger partial charge < -0.3 is 20.1 Å². The molecule has 0 aliphatic carbocycles. The lowest BCUT2D eigenvalue weighted by atomic mass is 9.91. The van der Waals surface area contributed by atoms with Crippen molar-refractivity contribution in [3.8, 4) is 5.75 Å². The Labute approximate surface area is 182 Å². The van der Waals surface area contributed by atoms with Crippen molar-refractivity contribution in [1.29, 1.82) is 0 Å². The zero-order chi connectivity index (χ0) is 18.4. The zero-order valence-corrected chi connectivity index (χ0v) is 17.8. The molecule has 0 bridgehead atoms. The van der Waals surface area contributed by atoms with Crippen LogP contribution in [0, 0.1) is 0 Å². The molecule has 9 heteroatoms. The highest BCUT2D eigenvalue weighted by Gasteiger charge is 2.39. The predicted molar refractivity (Wildman–Crippen MR) is 115 cm³/mol. The van der Waals surface area contributed by atoms with Crippen molar-refractivity contribution in [1.82, 2.24) is 10.3 Å². The number of halogens is 3. The Morgan fingerprint density at radius 2 is 2.04 bits per heavy atom. The molecule has 0 unspecified atom stereocenters. The Morgan fingerprint density at radius 1 is 1.29 bits per heavy atom. The second-order valence-corrected chi connectivity index (χ2v) is 6.60. The zero-order valence-electron chi connectivity index (χ0n) is 15.4. The van der Waals surface area contributed by atoms with E-state index in [4.69, 9.17) is 21.1 Å². The smallest absolute Gasteiger partial charge is 0.256 e. The number of nitrogens with zero attached hydrogens (tertiary/aromatic N) is 1. The average molecular weight is 449 g/mol. The van der Waals surface area contributed by atoms with Gasteiger partial charge in [0.2, 0.25) is 0 Å². The molecule has 1 saturated heterocycles. The van der Waals surface area contributed by atoms with Crippen LogP contribution in [0.4, 0.5) is 5.69 Å². The number of anilines is 1. The number of benzene rings is 1. The van der Waals surface area contributed by atoms with E-state index in [1.165, 1.54) is 0 Å². The number of hydrogen-bond donors (Lipinski definition) is 2. The number of methoxy groups -OCH3 is 1. The van der Waals surface area contributed by atoms with Crippen LogP contribution in [0.15, 0.2) is 42.7 Å². The maximum atomic E-state index is 12.7. The molecule has 2 heterocycles. The van der Waals surface area contributed by atoms with Crippen LogP contribution in [0.2, 0.25) is 5.02 Å². The quantitative estimate of drug-likeness (QED) is 0.702. The van der Waals surface area contributed by atoms with Crippen LogP contribution in [0.1, 0.15) is 18.4 Å². The third-order valence-corrected chi connectivity index (χ3v) is 4.82. The van der Waals surface area contributed by atoms with Crippen LogP contribution < -0.4 is 15.4 Å². The third-order valence-electron chi connectivity index (χ3n) is 4.52. The van der Waals surface area contributed by atoms with Crippen molar-refractivity contribution >= 4 is 48.0 Å². The molecule has 1 aromatic carbocycles. The predicted octanol–water partition coefficient (Wildman–Crippen LogP) is 3.86. The van der Waals surface area contributed by atoms with Gasteiger partial charge in [-0.2, -0.15) is 0 Å². The largest absolute Gasteiger partial charge is 0.487 e. The van der Waals surface area contributed by atoms with Crippen LogP contribution in [0.3, 0.4) is 0 Å². The van der Waals surface area contributed by atoms with Gasteiger partial charge in [0.05, 0.1) is 5.02 Å². The lowest BCUT2D eigenvalue weighted by Crippen LogP contribution is -2.51. The first-order valence-electron chi connectivity index (χ1n) is 8.51. The van der Waals surface area contributed by atoms with E-state index in [9.17, 15) is 4.79 Å². The summed E-state index contributed by atoms with van der Waals surface area (Å²) < 4.78 is 11.3. The number of rotatable bonds is 6. The monoisotopic (exact) mass is 447 g/mol. The topological polar surface area (TPSA) is 72.5 Å². The highest BCUT2D eigenvalue weighted by Crippen LogP contribution is 2.30. The summed E-state index contributed by atoms with van der Waals surface area (Å²) in [5.74, 6) is 0.401. The Bertz CT molecular complexity index is 757. The molecule has 1 fully saturated rings. The van der Waals surface area contributed by atoms with Crippen LogP contribution in [-0.4, -0.2) is 36.7 Å². The SMILES string of the molecule is COC1(C(=O)Nc2ccc(OCc3cccnc3)c(Cl)c2)CCNCC1.Cl.Cl. The number of carbonyl (C=O) groups is 1. The summed E-state index contributed by atoms with van der Waals surface area (Å²) in [7, 11) is 1.58. The minimum Gasteiger partial charge on any atom is -0.487 e. The first-order valence-corrected chi connectivity index (χ1v) is 8.89. The second-order valence-electron chi connectivity index (χ2n) is 6.20. The summed E-state index contributed by atoms with van der Waals surface area (Å²) in [5, 5.41) is 6.57. The van der Waals surface area contributed by atoms with Crippen LogP contribution in [0.5, 0.6) is 5.75 Å². The molecule has 1 aromatic heterocycles. The second kappa shape index (κ2) is 11.4. The Kier molecular flexibility index (Phi) is 9.99. The number of hydrogen-bond acceptors (Lipinski definition) is 5. The number of ether oxygens (including phenoxy) is 2. The van der Waals surface area contributed by atoms with E-state index < -0.39 is 5.60 Å². The van der Waals surface area contributed by atoms with Gasteiger partial charge in [-0.15, -0.1) is 24.8 Å². The number of piperidine rings is 1. The fraction of sp³-hybridized carbons (Fsp3) is 0.368. The van der Waals surface area contributed by atoms with E-state index in [1.807, 2.05) is 12.1 Å². The van der Waals surface area contributed by atoms with Gasteiger partial charge in [-0.05, 0) is 50.2 Å². The standard InChI is InChI=1S/C19H22ClN3O3.2ClH/c1-25-19(6-9-21-10-7-19)18(24)23-15-4-5-17(16(20)11-15)26-13-14-3-2-8-22-12-14;;/h2-5,8,11-12,21H,6-7,9-10,13H2,1H3,(H,23,24);2*1H. The first-order chi connectivity index (χ1) is 12.6. The van der Waals surface area contributed by atoms with E-state index in [2.05, 4.69) is 15.6 Å². The van der Waals surface area contributed by atoms with Crippen molar-refractivity contribution in [2.75, 3.05) is 25.5 Å². The Hall–Kier alpha value is -1.57. The van der Waals surface area contributed by atoms with E-state index in [1.54, 1.807) is 37.7 Å². The van der Waals surface area contributed by atoms with Crippen LogP contribution in [0.25, 0.3) is 0 Å². The normalized spacial score (nSPS) is 14.9. The van der Waals surface area contributed by atoms with Crippen molar-refractivity contribution < 1.29 is 14.3 Å². The number of pyridine rings is 1. The van der Waals surface area contributed by atoms with Gasteiger partial charge in [-0.3, -0.25) is 9.78 Å². The Balaban J connectivity index is 0.00000196. The summed E-state index contributed by atoms with van der Waals surface area (Å²) in [6.45, 7) is 1.88. The van der Waals surface area contributed by atoms with Crippen molar-refractivity contribution in [3.63, 3.8) is 0 Å². The molecular weight excluding hydrogens is 425 g/mol. The molecule has 1 aliphatic rings. The average Bonchev–Trinajstić information content (AvgIpc) is 2.68. The minimum absolute atomic E-state index is 0. The number of nitrogens with one attached hydrogen (secondary N) is 2. The molecule has 1 amide bonds. The summed E-state index contributed by atoms with van der Waals surface area (Å²) in [6.07, 6.45) is 4.72. The molecule has 28 heavy (non-hydrogen) atoms. The molecule has 2 N–H and O–H groups in total. The molecule has 3 rings (SSSR count). The van der Waals surface area contributed by atoms with Gasteiger partial charge in [-0.1, -0.05) is 17.7 Å². The molecule has 0 saturated carbocycles. The summed E-state index contributed by atoms with van der Waals surface area (Å²) >= 11 is 6.30. The minimum atomic E-state index is -0.798. The van der Waals surface area contributed by atoms with Gasteiger partial charge in [0.25, 0.3) is 5.91 Å². The van der Waals surface area contributed by atoms with Gasteiger partial charge in [0.15, 0.2) is 0 Å². The lowest BCUT2D eigenvalue weighted by molar-refractivity contribution is -0.140. The van der Waals surface area contributed by atoms with Gasteiger partial charge >= 0.3 is 0 Å². The van der Waals surface area contributed by atoms with Gasteiger partial charge in [-0.25, -0.2) is 0 Å².